The van der Waals surface area contributed by atoms with E-state index in [1.807, 2.05) is 30.3 Å². The van der Waals surface area contributed by atoms with Crippen LogP contribution in [0.4, 0.5) is 0 Å². The number of benzene rings is 1. The lowest BCUT2D eigenvalue weighted by Crippen LogP contribution is -2.36. The predicted molar refractivity (Wildman–Crippen MR) is 105 cm³/mol. The van der Waals surface area contributed by atoms with E-state index in [0.29, 0.717) is 17.9 Å². The Morgan fingerprint density at radius 3 is 2.69 bits per heavy atom. The molecule has 1 aromatic carbocycles. The standard InChI is InChI=1S/C18H16IN5O2/c19-15-5-2-1-4-14(15)18(26)22-12-17(25)21-11-13-6-8-20-16(10-13)24-9-3-7-23-24/h1-10H,11-12H2,(H,21,25)(H,22,26). The fraction of sp³-hybridized carbons (Fsp3) is 0.111. The Bertz CT molecular complexity index is 911. The Labute approximate surface area is 164 Å². The molecule has 0 fully saturated rings. The molecule has 0 aliphatic rings. The van der Waals surface area contributed by atoms with E-state index in [1.54, 1.807) is 35.4 Å². The molecule has 3 rings (SSSR count). The fourth-order valence-electron chi connectivity index (χ4n) is 2.26. The molecular formula is C18H16IN5O2. The van der Waals surface area contributed by atoms with E-state index >= 15 is 0 Å². The summed E-state index contributed by atoms with van der Waals surface area (Å²) < 4.78 is 2.48. The molecule has 0 radical (unpaired) electrons. The van der Waals surface area contributed by atoms with Crippen LogP contribution in [-0.4, -0.2) is 33.1 Å². The highest BCUT2D eigenvalue weighted by molar-refractivity contribution is 14.1. The maximum Gasteiger partial charge on any atom is 0.252 e. The van der Waals surface area contributed by atoms with Crippen molar-refractivity contribution in [1.82, 2.24) is 25.4 Å². The molecule has 0 atom stereocenters. The summed E-state index contributed by atoms with van der Waals surface area (Å²) in [5.74, 6) is 0.144. The van der Waals surface area contributed by atoms with E-state index in [9.17, 15) is 9.59 Å². The molecule has 2 aromatic heterocycles. The second kappa shape index (κ2) is 8.56. The molecule has 0 spiro atoms. The molecule has 132 valence electrons. The first-order valence-electron chi connectivity index (χ1n) is 7.88. The summed E-state index contributed by atoms with van der Waals surface area (Å²) in [5, 5.41) is 9.53. The van der Waals surface area contributed by atoms with Gasteiger partial charge in [0.15, 0.2) is 5.82 Å². The first-order valence-corrected chi connectivity index (χ1v) is 8.96. The largest absolute Gasteiger partial charge is 0.350 e. The van der Waals surface area contributed by atoms with E-state index < -0.39 is 0 Å². The predicted octanol–water partition coefficient (Wildman–Crippen LogP) is 1.92. The van der Waals surface area contributed by atoms with Crippen molar-refractivity contribution in [2.45, 2.75) is 6.54 Å². The summed E-state index contributed by atoms with van der Waals surface area (Å²) in [4.78, 5) is 28.3. The van der Waals surface area contributed by atoms with Crippen LogP contribution in [0.2, 0.25) is 0 Å². The number of amides is 2. The smallest absolute Gasteiger partial charge is 0.252 e. The number of hydrogen-bond donors (Lipinski definition) is 2. The molecule has 2 amide bonds. The minimum atomic E-state index is -0.268. The maximum absolute atomic E-state index is 12.1. The van der Waals surface area contributed by atoms with Crippen molar-refractivity contribution >= 4 is 34.4 Å². The highest BCUT2D eigenvalue weighted by atomic mass is 127. The number of carbonyl (C=O) groups excluding carboxylic acids is 2. The van der Waals surface area contributed by atoms with Gasteiger partial charge in [-0.2, -0.15) is 5.10 Å². The Morgan fingerprint density at radius 1 is 1.08 bits per heavy atom. The molecule has 26 heavy (non-hydrogen) atoms. The number of pyridine rings is 1. The number of nitrogens with one attached hydrogen (secondary N) is 2. The third-order valence-corrected chi connectivity index (χ3v) is 4.51. The van der Waals surface area contributed by atoms with Crippen molar-refractivity contribution in [1.29, 1.82) is 0 Å². The number of carbonyl (C=O) groups is 2. The molecule has 3 aromatic rings. The quantitative estimate of drug-likeness (QED) is 0.550. The fourth-order valence-corrected chi connectivity index (χ4v) is 2.90. The molecule has 0 bridgehead atoms. The van der Waals surface area contributed by atoms with E-state index in [2.05, 4.69) is 43.3 Å². The van der Waals surface area contributed by atoms with Gasteiger partial charge in [0.05, 0.1) is 12.1 Å². The molecule has 0 saturated carbocycles. The molecule has 0 aliphatic heterocycles. The molecule has 0 unspecified atom stereocenters. The topological polar surface area (TPSA) is 88.9 Å². The van der Waals surface area contributed by atoms with Crippen LogP contribution in [0.5, 0.6) is 0 Å². The highest BCUT2D eigenvalue weighted by Crippen LogP contribution is 2.10. The van der Waals surface area contributed by atoms with Gasteiger partial charge in [-0.1, -0.05) is 12.1 Å². The highest BCUT2D eigenvalue weighted by Gasteiger charge is 2.10. The number of halogens is 1. The van der Waals surface area contributed by atoms with Gasteiger partial charge in [0, 0.05) is 28.7 Å². The zero-order chi connectivity index (χ0) is 18.4. The normalized spacial score (nSPS) is 10.3. The Kier molecular flexibility index (Phi) is 5.95. The van der Waals surface area contributed by atoms with Crippen LogP contribution in [0, 0.1) is 3.57 Å². The summed E-state index contributed by atoms with van der Waals surface area (Å²) in [7, 11) is 0. The van der Waals surface area contributed by atoms with Gasteiger partial charge in [0.1, 0.15) is 0 Å². The molecule has 8 heteroatoms. The Hall–Kier alpha value is -2.75. The van der Waals surface area contributed by atoms with Gasteiger partial charge in [-0.3, -0.25) is 9.59 Å². The lowest BCUT2D eigenvalue weighted by Gasteiger charge is -2.09. The third kappa shape index (κ3) is 4.66. The van der Waals surface area contributed by atoms with Crippen molar-refractivity contribution in [3.8, 4) is 5.82 Å². The van der Waals surface area contributed by atoms with Gasteiger partial charge in [-0.15, -0.1) is 0 Å². The van der Waals surface area contributed by atoms with Crippen molar-refractivity contribution < 1.29 is 9.59 Å². The molecule has 2 heterocycles. The monoisotopic (exact) mass is 461 g/mol. The summed E-state index contributed by atoms with van der Waals surface area (Å²) in [5.41, 5.74) is 1.45. The minimum absolute atomic E-state index is 0.0824. The number of nitrogens with zero attached hydrogens (tertiary/aromatic N) is 3. The molecule has 0 aliphatic carbocycles. The number of aromatic nitrogens is 3. The van der Waals surface area contributed by atoms with Crippen LogP contribution in [-0.2, 0) is 11.3 Å². The van der Waals surface area contributed by atoms with E-state index in [1.165, 1.54) is 0 Å². The molecular weight excluding hydrogens is 445 g/mol. The summed E-state index contributed by atoms with van der Waals surface area (Å²) in [6.07, 6.45) is 5.13. The molecule has 7 nitrogen and oxygen atoms in total. The van der Waals surface area contributed by atoms with Crippen LogP contribution in [0.15, 0.2) is 61.1 Å². The van der Waals surface area contributed by atoms with Crippen LogP contribution in [0.1, 0.15) is 15.9 Å². The summed E-state index contributed by atoms with van der Waals surface area (Å²) in [6.45, 7) is 0.259. The van der Waals surface area contributed by atoms with Gasteiger partial charge < -0.3 is 10.6 Å². The molecule has 0 saturated heterocycles. The summed E-state index contributed by atoms with van der Waals surface area (Å²) in [6, 6.07) is 12.7. The zero-order valence-corrected chi connectivity index (χ0v) is 15.9. The van der Waals surface area contributed by atoms with Gasteiger partial charge in [0.25, 0.3) is 5.91 Å². The first-order chi connectivity index (χ1) is 12.6. The maximum atomic E-state index is 12.1. The minimum Gasteiger partial charge on any atom is -0.350 e. The number of hydrogen-bond acceptors (Lipinski definition) is 4. The van der Waals surface area contributed by atoms with Crippen LogP contribution < -0.4 is 10.6 Å². The van der Waals surface area contributed by atoms with Crippen LogP contribution in [0.25, 0.3) is 5.82 Å². The van der Waals surface area contributed by atoms with Crippen molar-refractivity contribution in [3.63, 3.8) is 0 Å². The van der Waals surface area contributed by atoms with Gasteiger partial charge in [-0.05, 0) is 58.5 Å². The van der Waals surface area contributed by atoms with Crippen molar-refractivity contribution in [3.05, 3.63) is 75.8 Å². The van der Waals surface area contributed by atoms with Crippen LogP contribution >= 0.6 is 22.6 Å². The lowest BCUT2D eigenvalue weighted by molar-refractivity contribution is -0.120. The second-order valence-electron chi connectivity index (χ2n) is 5.41. The third-order valence-electron chi connectivity index (χ3n) is 3.57. The molecule has 2 N–H and O–H groups in total. The summed E-state index contributed by atoms with van der Waals surface area (Å²) >= 11 is 2.09. The first kappa shape index (κ1) is 18.1. The SMILES string of the molecule is O=C(CNC(=O)c1ccccc1I)NCc1ccnc(-n2cccn2)c1. The van der Waals surface area contributed by atoms with E-state index in [-0.39, 0.29) is 18.4 Å². The van der Waals surface area contributed by atoms with Crippen molar-refractivity contribution in [2.75, 3.05) is 6.54 Å². The van der Waals surface area contributed by atoms with Gasteiger partial charge in [0.2, 0.25) is 5.91 Å². The van der Waals surface area contributed by atoms with Gasteiger partial charge in [-0.25, -0.2) is 9.67 Å². The Balaban J connectivity index is 1.51. The van der Waals surface area contributed by atoms with Gasteiger partial charge >= 0.3 is 0 Å². The van der Waals surface area contributed by atoms with E-state index in [4.69, 9.17) is 0 Å². The zero-order valence-electron chi connectivity index (χ0n) is 13.7. The lowest BCUT2D eigenvalue weighted by atomic mass is 10.2. The average Bonchev–Trinajstić information content (AvgIpc) is 3.20. The average molecular weight is 461 g/mol. The Morgan fingerprint density at radius 2 is 1.92 bits per heavy atom. The number of rotatable bonds is 6. The second-order valence-corrected chi connectivity index (χ2v) is 6.57. The van der Waals surface area contributed by atoms with Crippen molar-refractivity contribution in [2.24, 2.45) is 0 Å². The van der Waals surface area contributed by atoms with E-state index in [0.717, 1.165) is 9.13 Å². The van der Waals surface area contributed by atoms with Crippen LogP contribution in [0.3, 0.4) is 0 Å².